The number of amides is 1. The van der Waals surface area contributed by atoms with E-state index in [-0.39, 0.29) is 11.9 Å². The van der Waals surface area contributed by atoms with Gasteiger partial charge < -0.3 is 5.32 Å². The molecule has 0 fully saturated rings. The summed E-state index contributed by atoms with van der Waals surface area (Å²) in [6.07, 6.45) is 0.310. The third-order valence-corrected chi connectivity index (χ3v) is 4.94. The number of aromatic amines is 1. The van der Waals surface area contributed by atoms with Gasteiger partial charge in [0.05, 0.1) is 6.04 Å². The Bertz CT molecular complexity index is 976. The van der Waals surface area contributed by atoms with Crippen LogP contribution in [0.4, 0.5) is 0 Å². The average molecular weight is 401 g/mol. The van der Waals surface area contributed by atoms with Gasteiger partial charge in [0.25, 0.3) is 0 Å². The van der Waals surface area contributed by atoms with Gasteiger partial charge in [0, 0.05) is 23.6 Å². The average Bonchev–Trinajstić information content (AvgIpc) is 3.01. The zero-order valence-corrected chi connectivity index (χ0v) is 16.8. The molecule has 27 heavy (non-hydrogen) atoms. The predicted molar refractivity (Wildman–Crippen MR) is 110 cm³/mol. The Morgan fingerprint density at radius 2 is 1.89 bits per heavy atom. The number of carbonyl (C=O) groups is 1. The number of nitrogens with one attached hydrogen (secondary N) is 2. The second-order valence-electron chi connectivity index (χ2n) is 6.46. The number of aromatic nitrogens is 3. The second kappa shape index (κ2) is 8.50. The zero-order chi connectivity index (χ0) is 19.4. The first kappa shape index (κ1) is 19.3. The van der Waals surface area contributed by atoms with E-state index >= 15 is 0 Å². The number of rotatable bonds is 6. The first-order valence-electron chi connectivity index (χ1n) is 8.71. The highest BCUT2D eigenvalue weighted by atomic mass is 35.5. The fourth-order valence-electron chi connectivity index (χ4n) is 2.81. The van der Waals surface area contributed by atoms with E-state index in [1.807, 2.05) is 66.9 Å². The summed E-state index contributed by atoms with van der Waals surface area (Å²) in [6.45, 7) is 4.44. The highest BCUT2D eigenvalue weighted by Crippen LogP contribution is 2.19. The summed E-state index contributed by atoms with van der Waals surface area (Å²) in [5.74, 6) is 0.689. The van der Waals surface area contributed by atoms with Gasteiger partial charge in [-0.25, -0.2) is 0 Å². The lowest BCUT2D eigenvalue weighted by molar-refractivity contribution is -0.121. The number of halogens is 1. The molecule has 140 valence electrons. The molecule has 0 aliphatic carbocycles. The van der Waals surface area contributed by atoms with Crippen LogP contribution in [0.2, 0.25) is 5.02 Å². The topological polar surface area (TPSA) is 62.7 Å². The van der Waals surface area contributed by atoms with Gasteiger partial charge in [-0.15, -0.1) is 0 Å². The van der Waals surface area contributed by atoms with Crippen molar-refractivity contribution in [1.29, 1.82) is 0 Å². The number of benzene rings is 2. The molecule has 2 aromatic carbocycles. The lowest BCUT2D eigenvalue weighted by atomic mass is 10.1. The van der Waals surface area contributed by atoms with E-state index in [4.69, 9.17) is 23.8 Å². The normalized spacial score (nSPS) is 12.0. The van der Waals surface area contributed by atoms with Crippen molar-refractivity contribution >= 4 is 29.7 Å². The summed E-state index contributed by atoms with van der Waals surface area (Å²) in [5.41, 5.74) is 3.14. The van der Waals surface area contributed by atoms with Gasteiger partial charge in [0.15, 0.2) is 10.6 Å². The number of carbonyl (C=O) groups excluding carboxylic acids is 1. The summed E-state index contributed by atoms with van der Waals surface area (Å²) >= 11 is 11.2. The molecule has 7 heteroatoms. The van der Waals surface area contributed by atoms with Crippen molar-refractivity contribution in [2.75, 3.05) is 0 Å². The van der Waals surface area contributed by atoms with Crippen molar-refractivity contribution in [3.63, 3.8) is 0 Å². The molecule has 1 atom stereocenters. The van der Waals surface area contributed by atoms with E-state index in [0.29, 0.717) is 22.8 Å². The minimum atomic E-state index is -0.0938. The summed E-state index contributed by atoms with van der Waals surface area (Å²) in [4.78, 5) is 12.4. The van der Waals surface area contributed by atoms with Crippen LogP contribution >= 0.6 is 23.8 Å². The highest BCUT2D eigenvalue weighted by Gasteiger charge is 2.13. The van der Waals surface area contributed by atoms with Crippen LogP contribution in [0.3, 0.4) is 0 Å². The molecule has 0 saturated carbocycles. The molecule has 0 unspecified atom stereocenters. The quantitative estimate of drug-likeness (QED) is 0.582. The lowest BCUT2D eigenvalue weighted by Crippen LogP contribution is -2.27. The number of aryl methyl sites for hydroxylation is 1. The Balaban J connectivity index is 1.65. The molecule has 2 N–H and O–H groups in total. The molecule has 0 radical (unpaired) electrons. The van der Waals surface area contributed by atoms with Crippen LogP contribution < -0.4 is 5.32 Å². The first-order chi connectivity index (χ1) is 12.9. The molecule has 5 nitrogen and oxygen atoms in total. The van der Waals surface area contributed by atoms with Gasteiger partial charge in [-0.05, 0) is 43.8 Å². The molecule has 0 aliphatic rings. The number of hydrogen-bond acceptors (Lipinski definition) is 3. The van der Waals surface area contributed by atoms with E-state index in [1.54, 1.807) is 0 Å². The van der Waals surface area contributed by atoms with Crippen LogP contribution in [0.5, 0.6) is 0 Å². The van der Waals surface area contributed by atoms with Crippen LogP contribution in [-0.2, 0) is 11.3 Å². The maximum Gasteiger partial charge on any atom is 0.222 e. The van der Waals surface area contributed by atoms with Crippen LogP contribution in [0.1, 0.15) is 30.5 Å². The van der Waals surface area contributed by atoms with Gasteiger partial charge in [-0.1, -0.05) is 53.6 Å². The minimum Gasteiger partial charge on any atom is -0.350 e. The number of nitrogens with zero attached hydrogens (tertiary/aromatic N) is 2. The molecular formula is C20H21ClN4OS. The first-order valence-corrected chi connectivity index (χ1v) is 9.50. The van der Waals surface area contributed by atoms with E-state index in [1.165, 1.54) is 5.56 Å². The summed E-state index contributed by atoms with van der Waals surface area (Å²) in [5, 5.41) is 10.8. The van der Waals surface area contributed by atoms with Gasteiger partial charge >= 0.3 is 0 Å². The van der Waals surface area contributed by atoms with Crippen molar-refractivity contribution in [3.05, 3.63) is 69.5 Å². The molecule has 0 bridgehead atoms. The zero-order valence-electron chi connectivity index (χ0n) is 15.2. The van der Waals surface area contributed by atoms with Crippen LogP contribution in [-0.4, -0.2) is 20.7 Å². The molecular weight excluding hydrogens is 380 g/mol. The summed E-state index contributed by atoms with van der Waals surface area (Å²) < 4.78 is 2.36. The Labute approximate surface area is 168 Å². The van der Waals surface area contributed by atoms with E-state index in [2.05, 4.69) is 15.5 Å². The molecule has 1 aromatic heterocycles. The van der Waals surface area contributed by atoms with Gasteiger partial charge in [-0.2, -0.15) is 5.10 Å². The smallest absolute Gasteiger partial charge is 0.222 e. The van der Waals surface area contributed by atoms with Gasteiger partial charge in [0.1, 0.15) is 0 Å². The van der Waals surface area contributed by atoms with Crippen molar-refractivity contribution < 1.29 is 4.79 Å². The number of H-pyrrole nitrogens is 1. The van der Waals surface area contributed by atoms with Crippen molar-refractivity contribution in [2.45, 2.75) is 32.9 Å². The largest absolute Gasteiger partial charge is 0.350 e. The maximum atomic E-state index is 12.4. The van der Waals surface area contributed by atoms with E-state index in [0.717, 1.165) is 17.0 Å². The second-order valence-corrected chi connectivity index (χ2v) is 7.28. The number of hydrogen-bond donors (Lipinski definition) is 2. The van der Waals surface area contributed by atoms with Crippen LogP contribution in [0.25, 0.3) is 11.4 Å². The molecule has 3 aromatic rings. The van der Waals surface area contributed by atoms with Crippen LogP contribution in [0, 0.1) is 11.7 Å². The fraction of sp³-hybridized carbons (Fsp3) is 0.250. The van der Waals surface area contributed by atoms with Crippen molar-refractivity contribution in [2.24, 2.45) is 0 Å². The lowest BCUT2D eigenvalue weighted by Gasteiger charge is -2.15. The third-order valence-electron chi connectivity index (χ3n) is 4.38. The Morgan fingerprint density at radius 1 is 1.22 bits per heavy atom. The molecule has 0 saturated heterocycles. The monoisotopic (exact) mass is 400 g/mol. The Kier molecular flexibility index (Phi) is 6.08. The highest BCUT2D eigenvalue weighted by molar-refractivity contribution is 7.71. The third kappa shape index (κ3) is 4.84. The maximum absolute atomic E-state index is 12.4. The minimum absolute atomic E-state index is 0.0459. The van der Waals surface area contributed by atoms with Crippen LogP contribution in [0.15, 0.2) is 48.5 Å². The van der Waals surface area contributed by atoms with Gasteiger partial charge in [0.2, 0.25) is 5.91 Å². The summed E-state index contributed by atoms with van der Waals surface area (Å²) in [6, 6.07) is 15.4. The molecule has 0 spiro atoms. The Morgan fingerprint density at radius 3 is 2.56 bits per heavy atom. The van der Waals surface area contributed by atoms with E-state index < -0.39 is 0 Å². The predicted octanol–water partition coefficient (Wildman–Crippen LogP) is 4.84. The van der Waals surface area contributed by atoms with Crippen molar-refractivity contribution in [1.82, 2.24) is 20.1 Å². The SMILES string of the molecule is Cc1ccc(-c2n[nH]c(=S)n2CCC(=O)N[C@@H](C)c2ccc(Cl)cc2)cc1. The standard InChI is InChI=1S/C20H21ClN4OS/c1-13-3-5-16(6-4-13)19-23-24-20(27)25(19)12-11-18(26)22-14(2)15-7-9-17(21)10-8-15/h3-10,14H,11-12H2,1-2H3,(H,22,26)(H,24,27)/t14-/m0/s1. The molecule has 1 heterocycles. The summed E-state index contributed by atoms with van der Waals surface area (Å²) in [7, 11) is 0. The fourth-order valence-corrected chi connectivity index (χ4v) is 3.16. The molecule has 1 amide bonds. The Hall–Kier alpha value is -2.44. The molecule has 0 aliphatic heterocycles. The van der Waals surface area contributed by atoms with E-state index in [9.17, 15) is 4.79 Å². The van der Waals surface area contributed by atoms with Gasteiger partial charge in [-0.3, -0.25) is 14.5 Å². The molecule has 3 rings (SSSR count). The van der Waals surface area contributed by atoms with Crippen molar-refractivity contribution in [3.8, 4) is 11.4 Å².